The molecule has 0 atom stereocenters. The van der Waals surface area contributed by atoms with Crippen molar-refractivity contribution < 1.29 is 14.3 Å². The number of nitrogens with two attached hydrogens (primary N) is 1. The largest absolute Gasteiger partial charge is 0.480 e. The smallest absolute Gasteiger partial charge is 0.260 e. The van der Waals surface area contributed by atoms with E-state index in [0.717, 1.165) is 25.9 Å². The molecular formula is C14H20N4O3. The lowest BCUT2D eigenvalue weighted by Crippen LogP contribution is -2.49. The van der Waals surface area contributed by atoms with Crippen LogP contribution in [0.2, 0.25) is 0 Å². The topological polar surface area (TPSA) is 97.6 Å². The fourth-order valence-corrected chi connectivity index (χ4v) is 2.52. The molecule has 0 aliphatic carbocycles. The third-order valence-corrected chi connectivity index (χ3v) is 3.53. The van der Waals surface area contributed by atoms with Crippen LogP contribution in [-0.4, -0.2) is 54.5 Å². The van der Waals surface area contributed by atoms with Gasteiger partial charge in [-0.15, -0.1) is 0 Å². The minimum atomic E-state index is -0.523. The Kier molecular flexibility index (Phi) is 5.10. The molecule has 1 aromatic heterocycles. The highest BCUT2D eigenvalue weighted by Gasteiger charge is 2.29. The maximum Gasteiger partial charge on any atom is 0.260 e. The molecule has 1 aliphatic heterocycles. The second kappa shape index (κ2) is 7.03. The molecule has 1 fully saturated rings. The van der Waals surface area contributed by atoms with Crippen LogP contribution in [0.1, 0.15) is 23.2 Å². The summed E-state index contributed by atoms with van der Waals surface area (Å²) in [6.45, 7) is 1.54. The predicted molar refractivity (Wildman–Crippen MR) is 76.9 cm³/mol. The van der Waals surface area contributed by atoms with Crippen molar-refractivity contribution >= 4 is 11.8 Å². The van der Waals surface area contributed by atoms with E-state index in [1.807, 2.05) is 0 Å². The molecule has 0 spiro atoms. The molecule has 0 bridgehead atoms. The van der Waals surface area contributed by atoms with Gasteiger partial charge in [-0.3, -0.25) is 9.59 Å². The lowest BCUT2D eigenvalue weighted by Gasteiger charge is -2.34. The number of aromatic nitrogens is 1. The summed E-state index contributed by atoms with van der Waals surface area (Å²) < 4.78 is 5.12. The molecule has 21 heavy (non-hydrogen) atoms. The molecule has 3 N–H and O–H groups in total. The first-order valence-electron chi connectivity index (χ1n) is 6.92. The van der Waals surface area contributed by atoms with Crippen LogP contribution in [0.15, 0.2) is 18.3 Å². The van der Waals surface area contributed by atoms with Gasteiger partial charge in [-0.25, -0.2) is 4.98 Å². The highest BCUT2D eigenvalue weighted by Crippen LogP contribution is 2.20. The molecule has 114 valence electrons. The van der Waals surface area contributed by atoms with Crippen LogP contribution in [-0.2, 0) is 4.79 Å². The van der Waals surface area contributed by atoms with Gasteiger partial charge in [0.15, 0.2) is 0 Å². The first-order valence-corrected chi connectivity index (χ1v) is 6.92. The van der Waals surface area contributed by atoms with Crippen LogP contribution >= 0.6 is 0 Å². The fourth-order valence-electron chi connectivity index (χ4n) is 2.52. The second-order valence-electron chi connectivity index (χ2n) is 4.94. The molecule has 2 amide bonds. The van der Waals surface area contributed by atoms with Gasteiger partial charge in [-0.2, -0.15) is 0 Å². The number of pyridine rings is 1. The summed E-state index contributed by atoms with van der Waals surface area (Å²) in [6.07, 6.45) is 3.14. The van der Waals surface area contributed by atoms with Crippen LogP contribution in [0.3, 0.4) is 0 Å². The van der Waals surface area contributed by atoms with E-state index in [2.05, 4.69) is 10.3 Å². The third kappa shape index (κ3) is 3.69. The van der Waals surface area contributed by atoms with Gasteiger partial charge >= 0.3 is 0 Å². The highest BCUT2D eigenvalue weighted by atomic mass is 16.5. The number of ether oxygens (including phenoxy) is 1. The lowest BCUT2D eigenvalue weighted by atomic mass is 10.0. The minimum absolute atomic E-state index is 0.00355. The molecule has 2 heterocycles. The zero-order valence-corrected chi connectivity index (χ0v) is 12.0. The number of carbonyl (C=O) groups is 2. The molecule has 7 nitrogen and oxygen atoms in total. The average Bonchev–Trinajstić information content (AvgIpc) is 2.52. The number of nitrogens with one attached hydrogen (secondary N) is 1. The summed E-state index contributed by atoms with van der Waals surface area (Å²) in [7, 11) is 1.46. The summed E-state index contributed by atoms with van der Waals surface area (Å²) in [4.78, 5) is 29.6. The van der Waals surface area contributed by atoms with Crippen molar-refractivity contribution in [1.29, 1.82) is 0 Å². The van der Waals surface area contributed by atoms with Crippen molar-refractivity contribution in [3.8, 4) is 5.88 Å². The normalized spacial score (nSPS) is 15.5. The van der Waals surface area contributed by atoms with Gasteiger partial charge in [-0.1, -0.05) is 0 Å². The molecule has 2 rings (SSSR count). The van der Waals surface area contributed by atoms with Crippen molar-refractivity contribution in [3.63, 3.8) is 0 Å². The molecule has 7 heteroatoms. The van der Waals surface area contributed by atoms with Crippen LogP contribution in [0.5, 0.6) is 5.88 Å². The van der Waals surface area contributed by atoms with Crippen molar-refractivity contribution in [2.24, 2.45) is 5.73 Å². The number of hydrogen-bond acceptors (Lipinski definition) is 5. The number of piperidine rings is 1. The second-order valence-corrected chi connectivity index (χ2v) is 4.94. The van der Waals surface area contributed by atoms with Gasteiger partial charge in [0.05, 0.1) is 13.7 Å². The van der Waals surface area contributed by atoms with Gasteiger partial charge in [0, 0.05) is 12.2 Å². The van der Waals surface area contributed by atoms with Gasteiger partial charge in [0.25, 0.3) is 5.91 Å². The molecule has 1 aliphatic rings. The Morgan fingerprint density at radius 2 is 2.19 bits per heavy atom. The maximum atomic E-state index is 12.7. The lowest BCUT2D eigenvalue weighted by molar-refractivity contribution is -0.119. The Bertz CT molecular complexity index is 515. The van der Waals surface area contributed by atoms with E-state index >= 15 is 0 Å². The van der Waals surface area contributed by atoms with Crippen LogP contribution in [0.4, 0.5) is 0 Å². The van der Waals surface area contributed by atoms with Crippen LogP contribution in [0, 0.1) is 0 Å². The summed E-state index contributed by atoms with van der Waals surface area (Å²) in [6, 6.07) is 3.31. The minimum Gasteiger partial charge on any atom is -0.480 e. The van der Waals surface area contributed by atoms with E-state index in [-0.39, 0.29) is 24.4 Å². The summed E-state index contributed by atoms with van der Waals surface area (Å²) in [5.41, 5.74) is 5.64. The molecule has 1 saturated heterocycles. The summed E-state index contributed by atoms with van der Waals surface area (Å²) in [5.74, 6) is -0.540. The number of methoxy groups -OCH3 is 1. The van der Waals surface area contributed by atoms with Gasteiger partial charge in [0.1, 0.15) is 5.56 Å². The Morgan fingerprint density at radius 3 is 2.81 bits per heavy atom. The van der Waals surface area contributed by atoms with Crippen molar-refractivity contribution in [1.82, 2.24) is 15.2 Å². The number of carbonyl (C=O) groups excluding carboxylic acids is 2. The van der Waals surface area contributed by atoms with Gasteiger partial charge in [0.2, 0.25) is 11.8 Å². The number of primary amides is 1. The zero-order chi connectivity index (χ0) is 15.2. The Labute approximate surface area is 123 Å². The number of hydrogen-bond donors (Lipinski definition) is 2. The zero-order valence-electron chi connectivity index (χ0n) is 12.0. The van der Waals surface area contributed by atoms with Gasteiger partial charge < -0.3 is 20.7 Å². The SMILES string of the molecule is COc1ncccc1C(=O)N(CC(N)=O)C1CCNCC1. The van der Waals surface area contributed by atoms with Crippen molar-refractivity contribution in [2.45, 2.75) is 18.9 Å². The molecular weight excluding hydrogens is 272 g/mol. The fraction of sp³-hybridized carbons (Fsp3) is 0.500. The van der Waals surface area contributed by atoms with E-state index in [4.69, 9.17) is 10.5 Å². The van der Waals surface area contributed by atoms with E-state index in [0.29, 0.717) is 5.56 Å². The average molecular weight is 292 g/mol. The van der Waals surface area contributed by atoms with Crippen LogP contribution in [0.25, 0.3) is 0 Å². The van der Waals surface area contributed by atoms with E-state index in [9.17, 15) is 9.59 Å². The van der Waals surface area contributed by atoms with E-state index < -0.39 is 5.91 Å². The summed E-state index contributed by atoms with van der Waals surface area (Å²) >= 11 is 0. The highest BCUT2D eigenvalue weighted by molar-refractivity contribution is 5.98. The molecule has 0 unspecified atom stereocenters. The number of nitrogens with zero attached hydrogens (tertiary/aromatic N) is 2. The Hall–Kier alpha value is -2.15. The first-order chi connectivity index (χ1) is 10.1. The summed E-state index contributed by atoms with van der Waals surface area (Å²) in [5, 5.41) is 3.23. The standard InChI is InChI=1S/C14H20N4O3/c1-21-13-11(3-2-6-17-13)14(20)18(9-12(15)19)10-4-7-16-8-5-10/h2-3,6,10,16H,4-5,7-9H2,1H3,(H2,15,19). The van der Waals surface area contributed by atoms with Crippen molar-refractivity contribution in [2.75, 3.05) is 26.7 Å². The number of rotatable bonds is 5. The third-order valence-electron chi connectivity index (χ3n) is 3.53. The first kappa shape index (κ1) is 15.2. The quantitative estimate of drug-likeness (QED) is 0.781. The Morgan fingerprint density at radius 1 is 1.48 bits per heavy atom. The molecule has 0 radical (unpaired) electrons. The molecule has 0 saturated carbocycles. The van der Waals surface area contributed by atoms with Gasteiger partial charge in [-0.05, 0) is 38.1 Å². The monoisotopic (exact) mass is 292 g/mol. The van der Waals surface area contributed by atoms with Crippen LogP contribution < -0.4 is 15.8 Å². The maximum absolute atomic E-state index is 12.7. The van der Waals surface area contributed by atoms with Crippen molar-refractivity contribution in [3.05, 3.63) is 23.9 Å². The molecule has 1 aromatic rings. The van der Waals surface area contributed by atoms with E-state index in [1.165, 1.54) is 12.0 Å². The molecule has 0 aromatic carbocycles. The Balaban J connectivity index is 2.26. The van der Waals surface area contributed by atoms with E-state index in [1.54, 1.807) is 18.3 Å². The number of amides is 2. The predicted octanol–water partition coefficient (Wildman–Crippen LogP) is -0.230.